The summed E-state index contributed by atoms with van der Waals surface area (Å²) in [7, 11) is 0. The van der Waals surface area contributed by atoms with Gasteiger partial charge < -0.3 is 5.73 Å². The zero-order valence-corrected chi connectivity index (χ0v) is 9.03. The van der Waals surface area contributed by atoms with Crippen LogP contribution >= 0.6 is 0 Å². The second kappa shape index (κ2) is 3.62. The number of aryl methyl sites for hydroxylation is 2. The highest BCUT2D eigenvalue weighted by Crippen LogP contribution is 2.20. The van der Waals surface area contributed by atoms with Crippen molar-refractivity contribution in [2.75, 3.05) is 11.4 Å². The lowest BCUT2D eigenvalue weighted by atomic mass is 10.2. The molecule has 0 spiro atoms. The van der Waals surface area contributed by atoms with Crippen LogP contribution in [-0.2, 0) is 4.79 Å². The molecule has 4 heteroatoms. The van der Waals surface area contributed by atoms with E-state index in [9.17, 15) is 4.79 Å². The number of anilines is 1. The number of hydrogen-bond donors (Lipinski definition) is 1. The summed E-state index contributed by atoms with van der Waals surface area (Å²) in [5, 5.41) is 0. The van der Waals surface area contributed by atoms with Crippen LogP contribution in [0.4, 0.5) is 5.82 Å². The van der Waals surface area contributed by atoms with Crippen molar-refractivity contribution in [3.8, 4) is 0 Å². The summed E-state index contributed by atoms with van der Waals surface area (Å²) < 4.78 is 0. The van der Waals surface area contributed by atoms with Crippen LogP contribution in [0.2, 0.25) is 0 Å². The number of nitrogens with two attached hydrogens (primary N) is 1. The summed E-state index contributed by atoms with van der Waals surface area (Å²) in [6.45, 7) is 4.50. The minimum absolute atomic E-state index is 0.0554. The molecule has 0 aromatic carbocycles. The lowest BCUT2D eigenvalue weighted by Crippen LogP contribution is -2.28. The third kappa shape index (κ3) is 1.99. The van der Waals surface area contributed by atoms with E-state index >= 15 is 0 Å². The molecule has 1 unspecified atom stereocenters. The standard InChI is InChI=1S/C11H15N3O/c1-7-3-8(2)13-10(4-7)14-6-9(12)5-11(14)15/h3-4,9H,5-6,12H2,1-2H3. The summed E-state index contributed by atoms with van der Waals surface area (Å²) in [5.74, 6) is 0.797. The minimum atomic E-state index is -0.0554. The van der Waals surface area contributed by atoms with Gasteiger partial charge in [0.1, 0.15) is 5.82 Å². The molecule has 1 aromatic heterocycles. The number of aromatic nitrogens is 1. The van der Waals surface area contributed by atoms with Crippen molar-refractivity contribution in [2.24, 2.45) is 5.73 Å². The second-order valence-electron chi connectivity index (χ2n) is 4.11. The highest BCUT2D eigenvalue weighted by atomic mass is 16.2. The van der Waals surface area contributed by atoms with Gasteiger partial charge in [-0.2, -0.15) is 0 Å². The van der Waals surface area contributed by atoms with Gasteiger partial charge in [-0.05, 0) is 31.5 Å². The summed E-state index contributed by atoms with van der Waals surface area (Å²) in [5.41, 5.74) is 7.78. The van der Waals surface area contributed by atoms with Crippen LogP contribution < -0.4 is 10.6 Å². The zero-order valence-electron chi connectivity index (χ0n) is 9.03. The number of amides is 1. The SMILES string of the molecule is Cc1cc(C)nc(N2CC(N)CC2=O)c1. The van der Waals surface area contributed by atoms with Gasteiger partial charge in [0.05, 0.1) is 0 Å². The molecule has 2 rings (SSSR count). The Hall–Kier alpha value is -1.42. The van der Waals surface area contributed by atoms with Gasteiger partial charge in [0.15, 0.2) is 0 Å². The fraction of sp³-hybridized carbons (Fsp3) is 0.455. The van der Waals surface area contributed by atoms with Gasteiger partial charge in [-0.3, -0.25) is 9.69 Å². The van der Waals surface area contributed by atoms with E-state index in [-0.39, 0.29) is 11.9 Å². The van der Waals surface area contributed by atoms with Crippen LogP contribution in [0.3, 0.4) is 0 Å². The molecule has 1 aromatic rings. The number of hydrogen-bond acceptors (Lipinski definition) is 3. The number of nitrogens with zero attached hydrogens (tertiary/aromatic N) is 2. The maximum absolute atomic E-state index is 11.6. The molecule has 0 radical (unpaired) electrons. The smallest absolute Gasteiger partial charge is 0.229 e. The molecule has 0 aliphatic carbocycles. The van der Waals surface area contributed by atoms with Gasteiger partial charge in [-0.25, -0.2) is 4.98 Å². The summed E-state index contributed by atoms with van der Waals surface area (Å²) in [4.78, 5) is 17.6. The molecule has 1 aliphatic heterocycles. The molecule has 1 amide bonds. The van der Waals surface area contributed by atoms with Crippen LogP contribution in [0.15, 0.2) is 12.1 Å². The number of carbonyl (C=O) groups excluding carboxylic acids is 1. The fourth-order valence-electron chi connectivity index (χ4n) is 1.91. The largest absolute Gasteiger partial charge is 0.326 e. The molecule has 4 nitrogen and oxygen atoms in total. The maximum Gasteiger partial charge on any atom is 0.229 e. The molecule has 15 heavy (non-hydrogen) atoms. The van der Waals surface area contributed by atoms with E-state index in [0.29, 0.717) is 13.0 Å². The van der Waals surface area contributed by atoms with E-state index in [1.54, 1.807) is 4.90 Å². The first-order chi connectivity index (χ1) is 7.06. The van der Waals surface area contributed by atoms with Gasteiger partial charge >= 0.3 is 0 Å². The molecular weight excluding hydrogens is 190 g/mol. The van der Waals surface area contributed by atoms with Crippen LogP contribution in [0, 0.1) is 13.8 Å². The first-order valence-electron chi connectivity index (χ1n) is 5.07. The van der Waals surface area contributed by atoms with Crippen LogP contribution in [0.5, 0.6) is 0 Å². The Labute approximate surface area is 89.1 Å². The quantitative estimate of drug-likeness (QED) is 0.736. The Morgan fingerprint density at radius 2 is 2.20 bits per heavy atom. The lowest BCUT2D eigenvalue weighted by Gasteiger charge is -2.15. The van der Waals surface area contributed by atoms with Crippen LogP contribution in [0.25, 0.3) is 0 Å². The van der Waals surface area contributed by atoms with Crippen molar-refractivity contribution in [3.63, 3.8) is 0 Å². The molecular formula is C11H15N3O. The van der Waals surface area contributed by atoms with E-state index in [2.05, 4.69) is 4.98 Å². The van der Waals surface area contributed by atoms with Crippen molar-refractivity contribution < 1.29 is 4.79 Å². The van der Waals surface area contributed by atoms with Crippen molar-refractivity contribution in [1.82, 2.24) is 4.98 Å². The fourth-order valence-corrected chi connectivity index (χ4v) is 1.91. The van der Waals surface area contributed by atoms with E-state index in [1.165, 1.54) is 0 Å². The van der Waals surface area contributed by atoms with Gasteiger partial charge in [0.25, 0.3) is 0 Å². The average molecular weight is 205 g/mol. The van der Waals surface area contributed by atoms with Crippen molar-refractivity contribution in [3.05, 3.63) is 23.4 Å². The molecule has 1 saturated heterocycles. The predicted molar refractivity (Wildman–Crippen MR) is 58.7 cm³/mol. The van der Waals surface area contributed by atoms with Crippen LogP contribution in [-0.4, -0.2) is 23.5 Å². The molecule has 1 fully saturated rings. The number of pyridine rings is 1. The Morgan fingerprint density at radius 3 is 2.73 bits per heavy atom. The van der Waals surface area contributed by atoms with Gasteiger partial charge in [0, 0.05) is 24.7 Å². The second-order valence-corrected chi connectivity index (χ2v) is 4.11. The maximum atomic E-state index is 11.6. The first-order valence-corrected chi connectivity index (χ1v) is 5.07. The lowest BCUT2D eigenvalue weighted by molar-refractivity contribution is -0.117. The number of rotatable bonds is 1. The summed E-state index contributed by atoms with van der Waals surface area (Å²) in [6.07, 6.45) is 0.425. The topological polar surface area (TPSA) is 59.2 Å². The van der Waals surface area contributed by atoms with Gasteiger partial charge in [-0.1, -0.05) is 0 Å². The van der Waals surface area contributed by atoms with Crippen molar-refractivity contribution >= 4 is 11.7 Å². The Morgan fingerprint density at radius 1 is 1.47 bits per heavy atom. The molecule has 1 aliphatic rings. The van der Waals surface area contributed by atoms with Crippen molar-refractivity contribution in [1.29, 1.82) is 0 Å². The molecule has 2 heterocycles. The van der Waals surface area contributed by atoms with Gasteiger partial charge in [0.2, 0.25) is 5.91 Å². The van der Waals surface area contributed by atoms with Gasteiger partial charge in [-0.15, -0.1) is 0 Å². The molecule has 80 valence electrons. The monoisotopic (exact) mass is 205 g/mol. The summed E-state index contributed by atoms with van der Waals surface area (Å²) in [6, 6.07) is 3.85. The third-order valence-corrected chi connectivity index (χ3v) is 2.52. The predicted octanol–water partition coefficient (Wildman–Crippen LogP) is 0.762. The Balaban J connectivity index is 2.33. The van der Waals surface area contributed by atoms with Crippen LogP contribution in [0.1, 0.15) is 17.7 Å². The minimum Gasteiger partial charge on any atom is -0.326 e. The molecule has 2 N–H and O–H groups in total. The first kappa shape index (κ1) is 10.1. The molecule has 0 saturated carbocycles. The zero-order chi connectivity index (χ0) is 11.0. The van der Waals surface area contributed by atoms with E-state index in [1.807, 2.05) is 26.0 Å². The normalized spacial score (nSPS) is 21.1. The molecule has 1 atom stereocenters. The Bertz CT molecular complexity index is 383. The van der Waals surface area contributed by atoms with E-state index in [0.717, 1.165) is 17.1 Å². The highest BCUT2D eigenvalue weighted by molar-refractivity contribution is 5.95. The molecule has 0 bridgehead atoms. The number of carbonyl (C=O) groups is 1. The van der Waals surface area contributed by atoms with E-state index in [4.69, 9.17) is 5.73 Å². The van der Waals surface area contributed by atoms with Crippen molar-refractivity contribution in [2.45, 2.75) is 26.3 Å². The summed E-state index contributed by atoms with van der Waals surface area (Å²) >= 11 is 0. The third-order valence-electron chi connectivity index (χ3n) is 2.52. The Kier molecular flexibility index (Phi) is 2.44. The average Bonchev–Trinajstić information content (AvgIpc) is 2.43. The van der Waals surface area contributed by atoms with E-state index < -0.39 is 0 Å². The highest BCUT2D eigenvalue weighted by Gasteiger charge is 2.28.